The molecule has 0 bridgehead atoms. The minimum Gasteiger partial charge on any atom is -0.326 e. The van der Waals surface area contributed by atoms with E-state index in [9.17, 15) is 0 Å². The van der Waals surface area contributed by atoms with Gasteiger partial charge in [0.05, 0.1) is 0 Å². The summed E-state index contributed by atoms with van der Waals surface area (Å²) in [5.41, 5.74) is 6.20. The highest BCUT2D eigenvalue weighted by atomic mass is 15.3. The van der Waals surface area contributed by atoms with Gasteiger partial charge in [0.2, 0.25) is 0 Å². The number of likely N-dealkylation sites (N-methyl/N-ethyl adjacent to an activating group) is 1. The van der Waals surface area contributed by atoms with Crippen LogP contribution in [0.15, 0.2) is 0 Å². The Morgan fingerprint density at radius 1 is 1.13 bits per heavy atom. The lowest BCUT2D eigenvalue weighted by molar-refractivity contribution is 0.134. The minimum atomic E-state index is 0.427. The van der Waals surface area contributed by atoms with E-state index in [1.165, 1.54) is 45.3 Å². The second-order valence-electron chi connectivity index (χ2n) is 5.36. The van der Waals surface area contributed by atoms with Gasteiger partial charge >= 0.3 is 0 Å². The van der Waals surface area contributed by atoms with Crippen LogP contribution in [-0.4, -0.2) is 54.6 Å². The van der Waals surface area contributed by atoms with Crippen LogP contribution in [-0.2, 0) is 0 Å². The van der Waals surface area contributed by atoms with E-state index in [1.54, 1.807) is 0 Å². The lowest BCUT2D eigenvalue weighted by atomic mass is 10.1. The first-order valence-corrected chi connectivity index (χ1v) is 6.38. The molecule has 3 unspecified atom stereocenters. The van der Waals surface area contributed by atoms with Crippen LogP contribution in [0.3, 0.4) is 0 Å². The van der Waals surface area contributed by atoms with Crippen molar-refractivity contribution in [2.24, 2.45) is 5.73 Å². The van der Waals surface area contributed by atoms with Gasteiger partial charge in [0.15, 0.2) is 0 Å². The lowest BCUT2D eigenvalue weighted by Gasteiger charge is -2.35. The van der Waals surface area contributed by atoms with E-state index in [2.05, 4.69) is 23.8 Å². The molecule has 2 aliphatic rings. The van der Waals surface area contributed by atoms with Crippen molar-refractivity contribution in [2.75, 3.05) is 26.7 Å². The Balaban J connectivity index is 2.00. The highest BCUT2D eigenvalue weighted by Gasteiger charge is 2.33. The van der Waals surface area contributed by atoms with Crippen molar-refractivity contribution in [1.29, 1.82) is 0 Å². The minimum absolute atomic E-state index is 0.427. The number of rotatable bonds is 1. The first-order chi connectivity index (χ1) is 7.18. The zero-order valence-electron chi connectivity index (χ0n) is 10.2. The van der Waals surface area contributed by atoms with E-state index in [-0.39, 0.29) is 0 Å². The van der Waals surface area contributed by atoms with Gasteiger partial charge in [0.25, 0.3) is 0 Å². The maximum atomic E-state index is 6.20. The first-order valence-electron chi connectivity index (χ1n) is 6.38. The Kier molecular flexibility index (Phi) is 3.65. The Morgan fingerprint density at radius 3 is 2.60 bits per heavy atom. The van der Waals surface area contributed by atoms with Gasteiger partial charge in [-0.1, -0.05) is 6.42 Å². The summed E-state index contributed by atoms with van der Waals surface area (Å²) in [7, 11) is 2.23. The van der Waals surface area contributed by atoms with Gasteiger partial charge in [-0.2, -0.15) is 0 Å². The van der Waals surface area contributed by atoms with Gasteiger partial charge in [-0.05, 0) is 39.8 Å². The third-order valence-corrected chi connectivity index (χ3v) is 4.06. The maximum absolute atomic E-state index is 6.20. The smallest absolute Gasteiger partial charge is 0.0250 e. The van der Waals surface area contributed by atoms with Crippen molar-refractivity contribution in [3.05, 3.63) is 0 Å². The van der Waals surface area contributed by atoms with Crippen molar-refractivity contribution in [3.63, 3.8) is 0 Å². The van der Waals surface area contributed by atoms with Crippen LogP contribution < -0.4 is 5.73 Å². The van der Waals surface area contributed by atoms with Gasteiger partial charge in [-0.25, -0.2) is 0 Å². The molecule has 1 saturated carbocycles. The van der Waals surface area contributed by atoms with Crippen LogP contribution >= 0.6 is 0 Å². The molecule has 88 valence electrons. The second kappa shape index (κ2) is 4.81. The summed E-state index contributed by atoms with van der Waals surface area (Å²) < 4.78 is 0. The molecule has 1 heterocycles. The Labute approximate surface area is 93.6 Å². The standard InChI is InChI=1S/C12H25N3/c1-10-9-14(2)7-4-8-15(10)12-6-3-5-11(12)13/h10-12H,3-9,13H2,1-2H3. The summed E-state index contributed by atoms with van der Waals surface area (Å²) in [6, 6.07) is 1.76. The third-order valence-electron chi connectivity index (χ3n) is 4.06. The summed E-state index contributed by atoms with van der Waals surface area (Å²) >= 11 is 0. The van der Waals surface area contributed by atoms with Gasteiger partial charge in [0.1, 0.15) is 0 Å². The maximum Gasteiger partial charge on any atom is 0.0250 e. The van der Waals surface area contributed by atoms with Gasteiger partial charge < -0.3 is 10.6 Å². The lowest BCUT2D eigenvalue weighted by Crippen LogP contribution is -2.50. The fourth-order valence-corrected chi connectivity index (χ4v) is 3.26. The van der Waals surface area contributed by atoms with Crippen LogP contribution in [0.4, 0.5) is 0 Å². The SMILES string of the molecule is CC1CN(C)CCCN1C1CCCC1N. The van der Waals surface area contributed by atoms with Crippen LogP contribution in [0.25, 0.3) is 0 Å². The topological polar surface area (TPSA) is 32.5 Å². The van der Waals surface area contributed by atoms with Crippen molar-refractivity contribution in [2.45, 2.75) is 50.7 Å². The van der Waals surface area contributed by atoms with Crippen molar-refractivity contribution >= 4 is 0 Å². The molecule has 1 aliphatic heterocycles. The number of hydrogen-bond acceptors (Lipinski definition) is 3. The van der Waals surface area contributed by atoms with Crippen molar-refractivity contribution in [3.8, 4) is 0 Å². The fourth-order valence-electron chi connectivity index (χ4n) is 3.26. The summed E-state index contributed by atoms with van der Waals surface area (Å²) in [6.45, 7) is 6.03. The third kappa shape index (κ3) is 2.52. The molecule has 2 rings (SSSR count). The van der Waals surface area contributed by atoms with Crippen molar-refractivity contribution < 1.29 is 0 Å². The Bertz CT molecular complexity index is 207. The largest absolute Gasteiger partial charge is 0.326 e. The van der Waals surface area contributed by atoms with Gasteiger partial charge in [-0.15, -0.1) is 0 Å². The number of nitrogens with zero attached hydrogens (tertiary/aromatic N) is 2. The normalized spacial score (nSPS) is 40.6. The molecule has 1 aliphatic carbocycles. The molecule has 3 heteroatoms. The molecule has 15 heavy (non-hydrogen) atoms. The quantitative estimate of drug-likeness (QED) is 0.699. The van der Waals surface area contributed by atoms with Gasteiger partial charge in [0, 0.05) is 31.2 Å². The zero-order chi connectivity index (χ0) is 10.8. The zero-order valence-corrected chi connectivity index (χ0v) is 10.2. The molecule has 0 amide bonds. The van der Waals surface area contributed by atoms with E-state index in [4.69, 9.17) is 5.73 Å². The molecule has 1 saturated heterocycles. The molecule has 0 aromatic carbocycles. The molecule has 0 aromatic rings. The molecule has 0 radical (unpaired) electrons. The average Bonchev–Trinajstić information content (AvgIpc) is 2.51. The molecular weight excluding hydrogens is 186 g/mol. The molecule has 0 spiro atoms. The Hall–Kier alpha value is -0.120. The van der Waals surface area contributed by atoms with E-state index in [0.29, 0.717) is 18.1 Å². The summed E-state index contributed by atoms with van der Waals surface area (Å²) in [4.78, 5) is 5.12. The predicted molar refractivity (Wildman–Crippen MR) is 63.9 cm³/mol. The Morgan fingerprint density at radius 2 is 1.93 bits per heavy atom. The summed E-state index contributed by atoms with van der Waals surface area (Å²) in [6.07, 6.45) is 5.16. The van der Waals surface area contributed by atoms with Crippen LogP contribution in [0, 0.1) is 0 Å². The summed E-state index contributed by atoms with van der Waals surface area (Å²) in [5.74, 6) is 0. The first kappa shape index (κ1) is 11.4. The molecular formula is C12H25N3. The van der Waals surface area contributed by atoms with Crippen LogP contribution in [0.2, 0.25) is 0 Å². The monoisotopic (exact) mass is 211 g/mol. The number of hydrogen-bond donors (Lipinski definition) is 1. The van der Waals surface area contributed by atoms with Crippen LogP contribution in [0.1, 0.15) is 32.6 Å². The van der Waals surface area contributed by atoms with E-state index in [0.717, 1.165) is 0 Å². The molecule has 2 fully saturated rings. The second-order valence-corrected chi connectivity index (χ2v) is 5.36. The van der Waals surface area contributed by atoms with E-state index >= 15 is 0 Å². The van der Waals surface area contributed by atoms with Crippen LogP contribution in [0.5, 0.6) is 0 Å². The predicted octanol–water partition coefficient (Wildman–Crippen LogP) is 0.892. The fraction of sp³-hybridized carbons (Fsp3) is 1.00. The number of nitrogens with two attached hydrogens (primary N) is 1. The highest BCUT2D eigenvalue weighted by Crippen LogP contribution is 2.25. The van der Waals surface area contributed by atoms with E-state index < -0.39 is 0 Å². The van der Waals surface area contributed by atoms with Crippen molar-refractivity contribution in [1.82, 2.24) is 9.80 Å². The van der Waals surface area contributed by atoms with E-state index in [1.807, 2.05) is 0 Å². The molecule has 3 atom stereocenters. The average molecular weight is 211 g/mol. The highest BCUT2D eigenvalue weighted by molar-refractivity contribution is 4.91. The molecule has 0 aromatic heterocycles. The molecule has 2 N–H and O–H groups in total. The van der Waals surface area contributed by atoms with Gasteiger partial charge in [-0.3, -0.25) is 4.90 Å². The molecule has 3 nitrogen and oxygen atoms in total. The summed E-state index contributed by atoms with van der Waals surface area (Å²) in [5, 5.41) is 0.